The summed E-state index contributed by atoms with van der Waals surface area (Å²) in [6.45, 7) is 6.13. The molecular weight excluding hydrogens is 252 g/mol. The Labute approximate surface area is 118 Å². The Balaban J connectivity index is 1.94. The first kappa shape index (κ1) is 14.0. The van der Waals surface area contributed by atoms with Crippen molar-refractivity contribution in [2.24, 2.45) is 5.10 Å². The normalized spacial score (nSPS) is 11.2. The van der Waals surface area contributed by atoms with Crippen LogP contribution in [0, 0.1) is 6.92 Å². The number of H-pyrrole nitrogens is 1. The van der Waals surface area contributed by atoms with Crippen LogP contribution < -0.4 is 5.43 Å². The first-order valence-corrected chi connectivity index (χ1v) is 6.51. The lowest BCUT2D eigenvalue weighted by atomic mass is 10.0. The van der Waals surface area contributed by atoms with E-state index in [9.17, 15) is 4.79 Å². The standard InChI is InChI=1S/C15H18N4O/c1-10(2)13-6-4-12(5-7-13)9-16-19-15(20)14-8-11(3)17-18-14/h4-10H,1-3H3,(H,17,18)(H,19,20)/b16-9+. The molecule has 1 heterocycles. The van der Waals surface area contributed by atoms with Crippen LogP contribution in [0.3, 0.4) is 0 Å². The van der Waals surface area contributed by atoms with Gasteiger partial charge in [-0.3, -0.25) is 9.89 Å². The Kier molecular flexibility index (Phi) is 4.30. The van der Waals surface area contributed by atoms with E-state index in [1.165, 1.54) is 5.56 Å². The average Bonchev–Trinajstić information content (AvgIpc) is 2.86. The van der Waals surface area contributed by atoms with Crippen molar-refractivity contribution < 1.29 is 4.79 Å². The number of hydrogen-bond donors (Lipinski definition) is 2. The predicted molar refractivity (Wildman–Crippen MR) is 78.9 cm³/mol. The maximum absolute atomic E-state index is 11.7. The number of aromatic amines is 1. The highest BCUT2D eigenvalue weighted by Crippen LogP contribution is 2.13. The number of carbonyl (C=O) groups is 1. The minimum absolute atomic E-state index is 0.329. The fraction of sp³-hybridized carbons (Fsp3) is 0.267. The number of nitrogens with one attached hydrogen (secondary N) is 2. The third-order valence-corrected chi connectivity index (χ3v) is 2.92. The quantitative estimate of drug-likeness (QED) is 0.662. The highest BCUT2D eigenvalue weighted by Gasteiger charge is 2.07. The average molecular weight is 270 g/mol. The largest absolute Gasteiger partial charge is 0.291 e. The lowest BCUT2D eigenvalue weighted by Crippen LogP contribution is -2.18. The van der Waals surface area contributed by atoms with Crippen molar-refractivity contribution in [1.82, 2.24) is 15.6 Å². The van der Waals surface area contributed by atoms with Gasteiger partial charge in [0.1, 0.15) is 0 Å². The highest BCUT2D eigenvalue weighted by molar-refractivity contribution is 5.93. The topological polar surface area (TPSA) is 70.1 Å². The van der Waals surface area contributed by atoms with Crippen LogP contribution in [0.15, 0.2) is 35.4 Å². The molecule has 1 aromatic heterocycles. The van der Waals surface area contributed by atoms with Gasteiger partial charge in [-0.25, -0.2) is 5.43 Å². The van der Waals surface area contributed by atoms with E-state index >= 15 is 0 Å². The molecule has 0 atom stereocenters. The molecule has 0 aliphatic carbocycles. The molecule has 2 N–H and O–H groups in total. The zero-order chi connectivity index (χ0) is 14.5. The molecule has 2 aromatic rings. The first-order chi connectivity index (χ1) is 9.56. The number of rotatable bonds is 4. The lowest BCUT2D eigenvalue weighted by Gasteiger charge is -2.04. The van der Waals surface area contributed by atoms with Crippen LogP contribution in [0.4, 0.5) is 0 Å². The monoisotopic (exact) mass is 270 g/mol. The van der Waals surface area contributed by atoms with Gasteiger partial charge in [0.2, 0.25) is 0 Å². The molecule has 0 fully saturated rings. The van der Waals surface area contributed by atoms with Crippen molar-refractivity contribution in [3.05, 3.63) is 52.8 Å². The van der Waals surface area contributed by atoms with E-state index in [0.717, 1.165) is 11.3 Å². The second-order valence-electron chi connectivity index (χ2n) is 4.96. The minimum atomic E-state index is -0.329. The molecule has 0 saturated carbocycles. The van der Waals surface area contributed by atoms with E-state index < -0.39 is 0 Å². The van der Waals surface area contributed by atoms with Crippen molar-refractivity contribution in [3.8, 4) is 0 Å². The molecular formula is C15H18N4O. The molecule has 5 heteroatoms. The van der Waals surface area contributed by atoms with Gasteiger partial charge in [0.15, 0.2) is 5.69 Å². The number of carbonyl (C=O) groups excluding carboxylic acids is 1. The Morgan fingerprint density at radius 1 is 1.35 bits per heavy atom. The SMILES string of the molecule is Cc1cc(C(=O)N/N=C/c2ccc(C(C)C)cc2)n[nH]1. The van der Waals surface area contributed by atoms with Crippen LogP contribution in [-0.2, 0) is 0 Å². The van der Waals surface area contributed by atoms with E-state index in [-0.39, 0.29) is 5.91 Å². The van der Waals surface area contributed by atoms with Crippen LogP contribution in [-0.4, -0.2) is 22.3 Å². The van der Waals surface area contributed by atoms with Crippen LogP contribution in [0.2, 0.25) is 0 Å². The Hall–Kier alpha value is -2.43. The number of amides is 1. The van der Waals surface area contributed by atoms with Gasteiger partial charge in [-0.1, -0.05) is 38.1 Å². The summed E-state index contributed by atoms with van der Waals surface area (Å²) in [4.78, 5) is 11.7. The van der Waals surface area contributed by atoms with Crippen molar-refractivity contribution in [1.29, 1.82) is 0 Å². The molecule has 0 radical (unpaired) electrons. The summed E-state index contributed by atoms with van der Waals surface area (Å²) in [7, 11) is 0. The number of aromatic nitrogens is 2. The van der Waals surface area contributed by atoms with E-state index in [2.05, 4.69) is 46.7 Å². The summed E-state index contributed by atoms with van der Waals surface area (Å²) >= 11 is 0. The van der Waals surface area contributed by atoms with Gasteiger partial charge in [0.05, 0.1) is 6.21 Å². The van der Waals surface area contributed by atoms with Gasteiger partial charge in [0.25, 0.3) is 5.91 Å². The Bertz CT molecular complexity index is 611. The van der Waals surface area contributed by atoms with Crippen molar-refractivity contribution >= 4 is 12.1 Å². The molecule has 2 rings (SSSR count). The molecule has 20 heavy (non-hydrogen) atoms. The van der Waals surface area contributed by atoms with Gasteiger partial charge in [0, 0.05) is 5.69 Å². The Morgan fingerprint density at radius 2 is 2.05 bits per heavy atom. The lowest BCUT2D eigenvalue weighted by molar-refractivity contribution is 0.0950. The van der Waals surface area contributed by atoms with Crippen LogP contribution in [0.5, 0.6) is 0 Å². The molecule has 0 unspecified atom stereocenters. The van der Waals surface area contributed by atoms with Gasteiger partial charge in [-0.2, -0.15) is 10.2 Å². The van der Waals surface area contributed by atoms with Crippen LogP contribution in [0.1, 0.15) is 47.1 Å². The molecule has 0 spiro atoms. The predicted octanol–water partition coefficient (Wildman–Crippen LogP) is 2.61. The minimum Gasteiger partial charge on any atom is -0.282 e. The van der Waals surface area contributed by atoms with Crippen molar-refractivity contribution in [3.63, 3.8) is 0 Å². The van der Waals surface area contributed by atoms with Crippen LogP contribution >= 0.6 is 0 Å². The molecule has 5 nitrogen and oxygen atoms in total. The number of benzene rings is 1. The fourth-order valence-corrected chi connectivity index (χ4v) is 1.72. The molecule has 1 aromatic carbocycles. The molecule has 0 bridgehead atoms. The molecule has 104 valence electrons. The van der Waals surface area contributed by atoms with Gasteiger partial charge < -0.3 is 0 Å². The number of hydrazone groups is 1. The van der Waals surface area contributed by atoms with E-state index in [4.69, 9.17) is 0 Å². The Morgan fingerprint density at radius 3 is 2.60 bits per heavy atom. The summed E-state index contributed by atoms with van der Waals surface area (Å²) in [5.41, 5.74) is 5.83. The van der Waals surface area contributed by atoms with Gasteiger partial charge in [-0.05, 0) is 30.0 Å². The molecule has 0 aliphatic rings. The van der Waals surface area contributed by atoms with Crippen molar-refractivity contribution in [2.45, 2.75) is 26.7 Å². The number of aryl methyl sites for hydroxylation is 1. The summed E-state index contributed by atoms with van der Waals surface area (Å²) in [5, 5.41) is 10.5. The van der Waals surface area contributed by atoms with E-state index in [1.54, 1.807) is 12.3 Å². The summed E-state index contributed by atoms with van der Waals surface area (Å²) in [6.07, 6.45) is 1.61. The second kappa shape index (κ2) is 6.14. The van der Waals surface area contributed by atoms with Crippen LogP contribution in [0.25, 0.3) is 0 Å². The smallest absolute Gasteiger partial charge is 0.282 e. The molecule has 0 saturated heterocycles. The maximum Gasteiger partial charge on any atom is 0.291 e. The van der Waals surface area contributed by atoms with E-state index in [0.29, 0.717) is 11.6 Å². The van der Waals surface area contributed by atoms with E-state index in [1.807, 2.05) is 19.1 Å². The zero-order valence-electron chi connectivity index (χ0n) is 11.8. The molecule has 1 amide bonds. The maximum atomic E-state index is 11.7. The summed E-state index contributed by atoms with van der Waals surface area (Å²) in [6, 6.07) is 9.74. The van der Waals surface area contributed by atoms with Crippen molar-refractivity contribution in [2.75, 3.05) is 0 Å². The first-order valence-electron chi connectivity index (χ1n) is 6.51. The highest BCUT2D eigenvalue weighted by atomic mass is 16.2. The summed E-state index contributed by atoms with van der Waals surface area (Å²) in [5.74, 6) is 0.174. The number of hydrogen-bond acceptors (Lipinski definition) is 3. The zero-order valence-corrected chi connectivity index (χ0v) is 11.8. The van der Waals surface area contributed by atoms with Gasteiger partial charge >= 0.3 is 0 Å². The fourth-order valence-electron chi connectivity index (χ4n) is 1.72. The number of nitrogens with zero attached hydrogens (tertiary/aromatic N) is 2. The third-order valence-electron chi connectivity index (χ3n) is 2.92. The molecule has 0 aliphatic heterocycles. The second-order valence-corrected chi connectivity index (χ2v) is 4.96. The van der Waals surface area contributed by atoms with Gasteiger partial charge in [-0.15, -0.1) is 0 Å². The third kappa shape index (κ3) is 3.54. The summed E-state index contributed by atoms with van der Waals surface area (Å²) < 4.78 is 0.